The molecule has 0 spiro atoms. The number of hydrogen-bond donors (Lipinski definition) is 6. The van der Waals surface area contributed by atoms with Gasteiger partial charge in [0.15, 0.2) is 0 Å². The summed E-state index contributed by atoms with van der Waals surface area (Å²) in [7, 11) is 0. The second-order valence-electron chi connectivity index (χ2n) is 4.16. The molecule has 9 heteroatoms. The number of nitrogens with one attached hydrogen (secondary N) is 3. The lowest BCUT2D eigenvalue weighted by Gasteiger charge is -2.16. The lowest BCUT2D eigenvalue weighted by Crippen LogP contribution is -2.46. The van der Waals surface area contributed by atoms with E-state index in [0.717, 1.165) is 12.8 Å². The van der Waals surface area contributed by atoms with Crippen molar-refractivity contribution >= 4 is 18.1 Å². The fourth-order valence-corrected chi connectivity index (χ4v) is 1.52. The van der Waals surface area contributed by atoms with Crippen molar-refractivity contribution in [3.63, 3.8) is 0 Å². The van der Waals surface area contributed by atoms with Crippen LogP contribution in [0.5, 0.6) is 0 Å². The van der Waals surface area contributed by atoms with E-state index in [4.69, 9.17) is 15.9 Å². The average Bonchev–Trinajstić information content (AvgIpc) is 2.37. The first kappa shape index (κ1) is 18.0. The van der Waals surface area contributed by atoms with Gasteiger partial charge in [-0.2, -0.15) is 0 Å². The SMILES string of the molecule is NCCCCNC(=O)C(CCCNC(=O)O)NC(=O)O. The number of rotatable bonds is 10. The van der Waals surface area contributed by atoms with Crippen LogP contribution in [-0.4, -0.2) is 54.0 Å². The fourth-order valence-electron chi connectivity index (χ4n) is 1.52. The number of unbranched alkanes of at least 4 members (excludes halogenated alkanes) is 1. The van der Waals surface area contributed by atoms with Gasteiger partial charge in [-0.3, -0.25) is 4.79 Å². The molecule has 0 aromatic carbocycles. The highest BCUT2D eigenvalue weighted by molar-refractivity contribution is 5.85. The highest BCUT2D eigenvalue weighted by Gasteiger charge is 2.19. The van der Waals surface area contributed by atoms with Crippen LogP contribution < -0.4 is 21.7 Å². The topological polar surface area (TPSA) is 154 Å². The van der Waals surface area contributed by atoms with Gasteiger partial charge in [-0.1, -0.05) is 0 Å². The van der Waals surface area contributed by atoms with Gasteiger partial charge < -0.3 is 31.9 Å². The highest BCUT2D eigenvalue weighted by Crippen LogP contribution is 1.98. The summed E-state index contributed by atoms with van der Waals surface area (Å²) in [5.41, 5.74) is 5.32. The van der Waals surface area contributed by atoms with Crippen molar-refractivity contribution in [2.45, 2.75) is 31.7 Å². The van der Waals surface area contributed by atoms with Crippen molar-refractivity contribution in [2.24, 2.45) is 5.73 Å². The molecule has 3 amide bonds. The lowest BCUT2D eigenvalue weighted by molar-refractivity contribution is -0.123. The smallest absolute Gasteiger partial charge is 0.405 e. The number of nitrogens with two attached hydrogens (primary N) is 1. The van der Waals surface area contributed by atoms with Gasteiger partial charge in [-0.15, -0.1) is 0 Å². The minimum Gasteiger partial charge on any atom is -0.465 e. The molecule has 0 aromatic rings. The molecule has 0 saturated carbocycles. The Morgan fingerprint density at radius 3 is 2.15 bits per heavy atom. The molecule has 1 unspecified atom stereocenters. The summed E-state index contributed by atoms with van der Waals surface area (Å²) in [6, 6.07) is -0.888. The third kappa shape index (κ3) is 9.95. The molecule has 0 aliphatic carbocycles. The molecule has 0 aliphatic heterocycles. The van der Waals surface area contributed by atoms with Gasteiger partial charge >= 0.3 is 12.2 Å². The Morgan fingerprint density at radius 1 is 0.950 bits per heavy atom. The van der Waals surface area contributed by atoms with Crippen LogP contribution in [0.3, 0.4) is 0 Å². The molecule has 116 valence electrons. The zero-order valence-electron chi connectivity index (χ0n) is 11.2. The van der Waals surface area contributed by atoms with Gasteiger partial charge in [0.2, 0.25) is 5.91 Å². The first-order valence-corrected chi connectivity index (χ1v) is 6.41. The summed E-state index contributed by atoms with van der Waals surface area (Å²) in [6.07, 6.45) is -0.372. The summed E-state index contributed by atoms with van der Waals surface area (Å²) in [4.78, 5) is 32.6. The highest BCUT2D eigenvalue weighted by atomic mass is 16.4. The monoisotopic (exact) mass is 290 g/mol. The Balaban J connectivity index is 4.07. The van der Waals surface area contributed by atoms with Gasteiger partial charge in [0.1, 0.15) is 6.04 Å². The number of carbonyl (C=O) groups is 3. The number of carboxylic acid groups (broad SMARTS) is 2. The van der Waals surface area contributed by atoms with Crippen LogP contribution in [0, 0.1) is 0 Å². The quantitative estimate of drug-likeness (QED) is 0.299. The van der Waals surface area contributed by atoms with Crippen LogP contribution in [0.4, 0.5) is 9.59 Å². The zero-order chi connectivity index (χ0) is 15.4. The standard InChI is InChI=1S/C11H22N4O5/c12-5-1-2-6-13-9(16)8(15-11(19)20)4-3-7-14-10(17)18/h8,14-15H,1-7,12H2,(H,13,16)(H,17,18)(H,19,20). The molecule has 0 bridgehead atoms. The summed E-state index contributed by atoms with van der Waals surface area (Å²) >= 11 is 0. The van der Waals surface area contributed by atoms with E-state index in [1.165, 1.54) is 0 Å². The average molecular weight is 290 g/mol. The molecular formula is C11H22N4O5. The van der Waals surface area contributed by atoms with Crippen LogP contribution in [0.2, 0.25) is 0 Å². The minimum atomic E-state index is -1.29. The van der Waals surface area contributed by atoms with Crippen LogP contribution in [0.1, 0.15) is 25.7 Å². The van der Waals surface area contributed by atoms with E-state index in [1.54, 1.807) is 0 Å². The van der Waals surface area contributed by atoms with Crippen molar-refractivity contribution < 1.29 is 24.6 Å². The van der Waals surface area contributed by atoms with E-state index < -0.39 is 24.1 Å². The summed E-state index contributed by atoms with van der Waals surface area (Å²) in [5.74, 6) is -0.417. The van der Waals surface area contributed by atoms with Gasteiger partial charge in [0.25, 0.3) is 0 Å². The van der Waals surface area contributed by atoms with Crippen LogP contribution >= 0.6 is 0 Å². The number of carbonyl (C=O) groups excluding carboxylic acids is 1. The van der Waals surface area contributed by atoms with Gasteiger partial charge in [-0.25, -0.2) is 9.59 Å². The van der Waals surface area contributed by atoms with E-state index in [2.05, 4.69) is 16.0 Å². The molecule has 0 aromatic heterocycles. The van der Waals surface area contributed by atoms with Crippen molar-refractivity contribution in [1.29, 1.82) is 0 Å². The summed E-state index contributed by atoms with van der Waals surface area (Å²) in [6.45, 7) is 1.13. The van der Waals surface area contributed by atoms with Crippen molar-refractivity contribution in [3.05, 3.63) is 0 Å². The van der Waals surface area contributed by atoms with E-state index in [9.17, 15) is 14.4 Å². The molecule has 0 fully saturated rings. The molecule has 0 aliphatic rings. The van der Waals surface area contributed by atoms with Crippen LogP contribution in [-0.2, 0) is 4.79 Å². The third-order valence-electron chi connectivity index (χ3n) is 2.49. The fraction of sp³-hybridized carbons (Fsp3) is 0.727. The van der Waals surface area contributed by atoms with Gasteiger partial charge in [0, 0.05) is 13.1 Å². The Morgan fingerprint density at radius 2 is 1.60 bits per heavy atom. The molecular weight excluding hydrogens is 268 g/mol. The second kappa shape index (κ2) is 10.9. The summed E-state index contributed by atoms with van der Waals surface area (Å²) in [5, 5.41) is 23.9. The largest absolute Gasteiger partial charge is 0.465 e. The molecule has 1 atom stereocenters. The Labute approximate surface area is 116 Å². The zero-order valence-corrected chi connectivity index (χ0v) is 11.2. The minimum absolute atomic E-state index is 0.160. The van der Waals surface area contributed by atoms with E-state index in [1.807, 2.05) is 0 Å². The lowest BCUT2D eigenvalue weighted by atomic mass is 10.1. The van der Waals surface area contributed by atoms with E-state index in [0.29, 0.717) is 19.5 Å². The maximum absolute atomic E-state index is 11.8. The van der Waals surface area contributed by atoms with Crippen molar-refractivity contribution in [2.75, 3.05) is 19.6 Å². The third-order valence-corrected chi connectivity index (χ3v) is 2.49. The second-order valence-corrected chi connectivity index (χ2v) is 4.16. The molecule has 0 rings (SSSR count). The van der Waals surface area contributed by atoms with Crippen molar-refractivity contribution in [1.82, 2.24) is 16.0 Å². The van der Waals surface area contributed by atoms with Gasteiger partial charge in [-0.05, 0) is 32.2 Å². The molecule has 0 radical (unpaired) electrons. The first-order chi connectivity index (χ1) is 9.47. The Kier molecular flexibility index (Phi) is 9.75. The number of hydrogen-bond acceptors (Lipinski definition) is 4. The normalized spacial score (nSPS) is 11.4. The predicted molar refractivity (Wildman–Crippen MR) is 71.5 cm³/mol. The first-order valence-electron chi connectivity index (χ1n) is 6.41. The maximum atomic E-state index is 11.8. The maximum Gasteiger partial charge on any atom is 0.405 e. The van der Waals surface area contributed by atoms with E-state index >= 15 is 0 Å². The molecule has 20 heavy (non-hydrogen) atoms. The summed E-state index contributed by atoms with van der Waals surface area (Å²) < 4.78 is 0. The molecule has 7 N–H and O–H groups in total. The molecule has 0 saturated heterocycles. The Hall–Kier alpha value is -2.03. The van der Waals surface area contributed by atoms with E-state index in [-0.39, 0.29) is 13.0 Å². The molecule has 9 nitrogen and oxygen atoms in total. The van der Waals surface area contributed by atoms with Gasteiger partial charge in [0.05, 0.1) is 0 Å². The van der Waals surface area contributed by atoms with Crippen molar-refractivity contribution in [3.8, 4) is 0 Å². The number of amides is 3. The Bertz CT molecular complexity index is 324. The predicted octanol–water partition coefficient (Wildman–Crippen LogP) is -0.474. The van der Waals surface area contributed by atoms with Crippen LogP contribution in [0.25, 0.3) is 0 Å². The molecule has 0 heterocycles. The van der Waals surface area contributed by atoms with Crippen LogP contribution in [0.15, 0.2) is 0 Å².